The molecule has 6 nitrogen and oxygen atoms in total. The van der Waals surface area contributed by atoms with Crippen LogP contribution in [0, 0.1) is 0 Å². The lowest BCUT2D eigenvalue weighted by Crippen LogP contribution is -2.29. The number of benzene rings is 2. The summed E-state index contributed by atoms with van der Waals surface area (Å²) in [6.07, 6.45) is -4.45. The molecule has 152 valence electrons. The van der Waals surface area contributed by atoms with Crippen molar-refractivity contribution in [3.05, 3.63) is 59.7 Å². The Morgan fingerprint density at radius 2 is 1.71 bits per heavy atom. The van der Waals surface area contributed by atoms with Crippen LogP contribution in [-0.4, -0.2) is 39.3 Å². The summed E-state index contributed by atoms with van der Waals surface area (Å²) >= 11 is 0. The summed E-state index contributed by atoms with van der Waals surface area (Å²) in [7, 11) is -0.660. The van der Waals surface area contributed by atoms with E-state index in [-0.39, 0.29) is 23.7 Å². The summed E-state index contributed by atoms with van der Waals surface area (Å²) in [6, 6.07) is 10.6. The summed E-state index contributed by atoms with van der Waals surface area (Å²) in [5.41, 5.74) is 0.0685. The molecule has 0 spiro atoms. The van der Waals surface area contributed by atoms with Gasteiger partial charge in [0.2, 0.25) is 15.9 Å². The number of carbonyl (C=O) groups is 1. The molecule has 0 aliphatic rings. The minimum absolute atomic E-state index is 0.138. The molecule has 0 saturated carbocycles. The molecule has 1 amide bonds. The van der Waals surface area contributed by atoms with E-state index in [1.807, 2.05) is 0 Å². The molecule has 0 unspecified atom stereocenters. The Hall–Kier alpha value is -2.59. The number of anilines is 1. The highest BCUT2D eigenvalue weighted by Gasteiger charge is 2.30. The fraction of sp³-hybridized carbons (Fsp3) is 0.278. The van der Waals surface area contributed by atoms with Crippen molar-refractivity contribution in [2.24, 2.45) is 0 Å². The zero-order chi connectivity index (χ0) is 20.9. The van der Waals surface area contributed by atoms with Crippen molar-refractivity contribution in [1.82, 2.24) is 9.62 Å². The lowest BCUT2D eigenvalue weighted by atomic mass is 10.2. The van der Waals surface area contributed by atoms with Crippen LogP contribution >= 0.6 is 0 Å². The maximum absolute atomic E-state index is 12.7. The standard InChI is InChI=1S/C18H20F3N3O3S/c1-24(2)28(26,27)16-8-6-13(7-9-16)11-23-17(25)12-22-15-5-3-4-14(10-15)18(19,20)21/h3-10,22H,11-12H2,1-2H3,(H,23,25). The van der Waals surface area contributed by atoms with Crippen molar-refractivity contribution in [1.29, 1.82) is 0 Å². The Bertz CT molecular complexity index is 927. The predicted octanol–water partition coefficient (Wildman–Crippen LogP) is 2.68. The lowest BCUT2D eigenvalue weighted by molar-refractivity contribution is -0.137. The fourth-order valence-electron chi connectivity index (χ4n) is 2.24. The Balaban J connectivity index is 1.88. The second-order valence-corrected chi connectivity index (χ2v) is 8.29. The summed E-state index contributed by atoms with van der Waals surface area (Å²) in [5, 5.41) is 5.25. The van der Waals surface area contributed by atoms with Crippen LogP contribution in [-0.2, 0) is 27.5 Å². The second-order valence-electron chi connectivity index (χ2n) is 6.14. The van der Waals surface area contributed by atoms with E-state index in [9.17, 15) is 26.4 Å². The molecule has 10 heteroatoms. The van der Waals surface area contributed by atoms with E-state index in [1.165, 1.54) is 38.4 Å². The summed E-state index contributed by atoms with van der Waals surface area (Å²) in [6.45, 7) is -0.0419. The molecule has 0 radical (unpaired) electrons. The van der Waals surface area contributed by atoms with Gasteiger partial charge >= 0.3 is 6.18 Å². The van der Waals surface area contributed by atoms with Crippen molar-refractivity contribution >= 4 is 21.6 Å². The van der Waals surface area contributed by atoms with Crippen molar-refractivity contribution in [3.63, 3.8) is 0 Å². The average Bonchev–Trinajstić information content (AvgIpc) is 2.64. The van der Waals surface area contributed by atoms with Crippen molar-refractivity contribution in [2.45, 2.75) is 17.6 Å². The number of hydrogen-bond donors (Lipinski definition) is 2. The maximum atomic E-state index is 12.7. The molecule has 0 aliphatic carbocycles. The van der Waals surface area contributed by atoms with Gasteiger partial charge in [-0.05, 0) is 35.9 Å². The highest BCUT2D eigenvalue weighted by atomic mass is 32.2. The summed E-state index contributed by atoms with van der Waals surface area (Å²) < 4.78 is 63.1. The van der Waals surface area contributed by atoms with Gasteiger partial charge in [-0.25, -0.2) is 12.7 Å². The number of rotatable bonds is 7. The highest BCUT2D eigenvalue weighted by Crippen LogP contribution is 2.30. The van der Waals surface area contributed by atoms with Crippen LogP contribution in [0.15, 0.2) is 53.4 Å². The maximum Gasteiger partial charge on any atom is 0.416 e. The van der Waals surface area contributed by atoms with E-state index in [1.54, 1.807) is 12.1 Å². The van der Waals surface area contributed by atoms with Crippen LogP contribution in [0.3, 0.4) is 0 Å². The van der Waals surface area contributed by atoms with Crippen LogP contribution in [0.25, 0.3) is 0 Å². The van der Waals surface area contributed by atoms with Gasteiger partial charge in [0.05, 0.1) is 17.0 Å². The minimum atomic E-state index is -4.45. The smallest absolute Gasteiger partial charge is 0.376 e. The van der Waals surface area contributed by atoms with Crippen LogP contribution < -0.4 is 10.6 Å². The monoisotopic (exact) mass is 415 g/mol. The van der Waals surface area contributed by atoms with Crippen molar-refractivity contribution in [3.8, 4) is 0 Å². The van der Waals surface area contributed by atoms with Gasteiger partial charge in [0, 0.05) is 26.3 Å². The number of sulfonamides is 1. The first-order valence-electron chi connectivity index (χ1n) is 8.19. The average molecular weight is 415 g/mol. The number of nitrogens with zero attached hydrogens (tertiary/aromatic N) is 1. The Labute approximate surface area is 161 Å². The van der Waals surface area contributed by atoms with Gasteiger partial charge in [-0.15, -0.1) is 0 Å². The van der Waals surface area contributed by atoms with E-state index in [0.29, 0.717) is 5.56 Å². The van der Waals surface area contributed by atoms with Gasteiger partial charge < -0.3 is 10.6 Å². The number of amides is 1. The molecule has 0 aromatic heterocycles. The third kappa shape index (κ3) is 5.70. The predicted molar refractivity (Wildman–Crippen MR) is 99.1 cm³/mol. The molecule has 0 saturated heterocycles. The van der Waals surface area contributed by atoms with Crippen LogP contribution in [0.5, 0.6) is 0 Å². The molecule has 0 fully saturated rings. The molecular weight excluding hydrogens is 395 g/mol. The van der Waals surface area contributed by atoms with Gasteiger partial charge in [0.1, 0.15) is 0 Å². The zero-order valence-electron chi connectivity index (χ0n) is 15.2. The SMILES string of the molecule is CN(C)S(=O)(=O)c1ccc(CNC(=O)CNc2cccc(C(F)(F)F)c2)cc1. The van der Waals surface area contributed by atoms with Crippen LogP contribution in [0.4, 0.5) is 18.9 Å². The zero-order valence-corrected chi connectivity index (χ0v) is 16.1. The summed E-state index contributed by atoms with van der Waals surface area (Å²) in [5.74, 6) is -0.414. The second kappa shape index (κ2) is 8.61. The first-order valence-corrected chi connectivity index (χ1v) is 9.63. The first kappa shape index (κ1) is 21.7. The topological polar surface area (TPSA) is 78.5 Å². The lowest BCUT2D eigenvalue weighted by Gasteiger charge is -2.12. The van der Waals surface area contributed by atoms with Gasteiger partial charge in [-0.3, -0.25) is 4.79 Å². The molecular formula is C18H20F3N3O3S. The van der Waals surface area contributed by atoms with E-state index in [0.717, 1.165) is 16.4 Å². The summed E-state index contributed by atoms with van der Waals surface area (Å²) in [4.78, 5) is 12.0. The molecule has 28 heavy (non-hydrogen) atoms. The van der Waals surface area contributed by atoms with E-state index >= 15 is 0 Å². The molecule has 2 N–H and O–H groups in total. The Morgan fingerprint density at radius 3 is 2.29 bits per heavy atom. The normalized spacial score (nSPS) is 12.1. The Kier molecular flexibility index (Phi) is 6.68. The number of alkyl halides is 3. The third-order valence-electron chi connectivity index (χ3n) is 3.83. The van der Waals surface area contributed by atoms with Crippen molar-refractivity contribution in [2.75, 3.05) is 26.0 Å². The van der Waals surface area contributed by atoms with Crippen LogP contribution in [0.1, 0.15) is 11.1 Å². The van der Waals surface area contributed by atoms with Gasteiger partial charge in [-0.2, -0.15) is 13.2 Å². The number of nitrogens with one attached hydrogen (secondary N) is 2. The molecule has 2 rings (SSSR count). The molecule has 0 atom stereocenters. The quantitative estimate of drug-likeness (QED) is 0.729. The first-order chi connectivity index (χ1) is 13.0. The molecule has 2 aromatic carbocycles. The fourth-order valence-corrected chi connectivity index (χ4v) is 3.14. The molecule has 0 heterocycles. The molecule has 2 aromatic rings. The van der Waals surface area contributed by atoms with Gasteiger partial charge in [0.15, 0.2) is 0 Å². The third-order valence-corrected chi connectivity index (χ3v) is 5.66. The van der Waals surface area contributed by atoms with E-state index in [2.05, 4.69) is 10.6 Å². The van der Waals surface area contributed by atoms with Gasteiger partial charge in [0.25, 0.3) is 0 Å². The number of halogens is 3. The molecule has 0 bridgehead atoms. The van der Waals surface area contributed by atoms with E-state index in [4.69, 9.17) is 0 Å². The largest absolute Gasteiger partial charge is 0.416 e. The highest BCUT2D eigenvalue weighted by molar-refractivity contribution is 7.89. The van der Waals surface area contributed by atoms with Gasteiger partial charge in [-0.1, -0.05) is 18.2 Å². The van der Waals surface area contributed by atoms with Crippen LogP contribution in [0.2, 0.25) is 0 Å². The number of hydrogen-bond acceptors (Lipinski definition) is 4. The van der Waals surface area contributed by atoms with Crippen molar-refractivity contribution < 1.29 is 26.4 Å². The minimum Gasteiger partial charge on any atom is -0.376 e. The molecule has 0 aliphatic heterocycles. The van der Waals surface area contributed by atoms with E-state index < -0.39 is 27.7 Å². The number of carbonyl (C=O) groups excluding carboxylic acids is 1. The Morgan fingerprint density at radius 1 is 1.07 bits per heavy atom.